The molecule has 0 aliphatic rings. The number of thiol groups is 1. The lowest BCUT2D eigenvalue weighted by Gasteiger charge is -1.95. The van der Waals surface area contributed by atoms with Gasteiger partial charge in [0.05, 0.1) is 4.91 Å². The SMILES string of the molecule is CNC(=O)/C(S)=C/C=C/C(C)C. The molecule has 12 heavy (non-hydrogen) atoms. The molecule has 2 nitrogen and oxygen atoms in total. The fourth-order valence-corrected chi connectivity index (χ4v) is 0.771. The van der Waals surface area contributed by atoms with Gasteiger partial charge in [-0.25, -0.2) is 0 Å². The number of hydrogen-bond donors (Lipinski definition) is 2. The predicted octanol–water partition coefficient (Wildman–Crippen LogP) is 1.76. The van der Waals surface area contributed by atoms with Crippen LogP contribution in [0.4, 0.5) is 0 Å². The maximum atomic E-state index is 10.9. The van der Waals surface area contributed by atoms with Gasteiger partial charge in [-0.05, 0) is 12.0 Å². The molecule has 1 amide bonds. The minimum atomic E-state index is -0.160. The van der Waals surface area contributed by atoms with Crippen LogP contribution in [0.2, 0.25) is 0 Å². The maximum absolute atomic E-state index is 10.9. The minimum absolute atomic E-state index is 0.160. The second kappa shape index (κ2) is 5.89. The smallest absolute Gasteiger partial charge is 0.257 e. The molecule has 0 unspecified atom stereocenters. The van der Waals surface area contributed by atoms with Gasteiger partial charge in [0.2, 0.25) is 0 Å². The van der Waals surface area contributed by atoms with Crippen LogP contribution in [0.5, 0.6) is 0 Å². The van der Waals surface area contributed by atoms with Crippen molar-refractivity contribution in [2.45, 2.75) is 13.8 Å². The number of nitrogens with one attached hydrogen (secondary N) is 1. The Labute approximate surface area is 79.1 Å². The van der Waals surface area contributed by atoms with Gasteiger partial charge in [0.15, 0.2) is 0 Å². The van der Waals surface area contributed by atoms with E-state index in [2.05, 4.69) is 31.8 Å². The summed E-state index contributed by atoms with van der Waals surface area (Å²) in [6.45, 7) is 4.14. The lowest BCUT2D eigenvalue weighted by atomic mass is 10.2. The molecule has 0 bridgehead atoms. The summed E-state index contributed by atoms with van der Waals surface area (Å²) in [5, 5.41) is 2.49. The third-order valence-electron chi connectivity index (χ3n) is 1.21. The summed E-state index contributed by atoms with van der Waals surface area (Å²) in [6.07, 6.45) is 5.52. The zero-order valence-electron chi connectivity index (χ0n) is 7.66. The van der Waals surface area contributed by atoms with Crippen molar-refractivity contribution in [3.05, 3.63) is 23.1 Å². The van der Waals surface area contributed by atoms with Gasteiger partial charge in [-0.1, -0.05) is 26.0 Å². The number of carbonyl (C=O) groups is 1. The number of allylic oxidation sites excluding steroid dienone is 3. The first-order chi connectivity index (χ1) is 5.57. The van der Waals surface area contributed by atoms with E-state index in [9.17, 15) is 4.79 Å². The van der Waals surface area contributed by atoms with E-state index in [4.69, 9.17) is 0 Å². The van der Waals surface area contributed by atoms with Crippen molar-refractivity contribution in [2.24, 2.45) is 5.92 Å². The van der Waals surface area contributed by atoms with E-state index in [0.29, 0.717) is 10.8 Å². The highest BCUT2D eigenvalue weighted by Gasteiger charge is 1.98. The lowest BCUT2D eigenvalue weighted by Crippen LogP contribution is -2.17. The van der Waals surface area contributed by atoms with Crippen LogP contribution in [0.3, 0.4) is 0 Å². The van der Waals surface area contributed by atoms with Gasteiger partial charge in [-0.3, -0.25) is 4.79 Å². The van der Waals surface area contributed by atoms with E-state index in [1.807, 2.05) is 12.2 Å². The van der Waals surface area contributed by atoms with Crippen molar-refractivity contribution >= 4 is 18.5 Å². The first-order valence-electron chi connectivity index (χ1n) is 3.87. The van der Waals surface area contributed by atoms with Gasteiger partial charge < -0.3 is 5.32 Å². The van der Waals surface area contributed by atoms with Crippen molar-refractivity contribution < 1.29 is 4.79 Å². The number of hydrogen-bond acceptors (Lipinski definition) is 2. The predicted molar refractivity (Wildman–Crippen MR) is 55.1 cm³/mol. The third-order valence-corrected chi connectivity index (χ3v) is 1.56. The van der Waals surface area contributed by atoms with Crippen molar-refractivity contribution in [1.29, 1.82) is 0 Å². The Morgan fingerprint density at radius 3 is 2.50 bits per heavy atom. The fourth-order valence-electron chi connectivity index (χ4n) is 0.573. The van der Waals surface area contributed by atoms with E-state index >= 15 is 0 Å². The molecular weight excluding hydrogens is 170 g/mol. The van der Waals surface area contributed by atoms with Gasteiger partial charge in [-0.15, -0.1) is 12.6 Å². The zero-order chi connectivity index (χ0) is 9.56. The number of likely N-dealkylation sites (N-methyl/N-ethyl adjacent to an activating group) is 1. The van der Waals surface area contributed by atoms with Crippen molar-refractivity contribution in [1.82, 2.24) is 5.32 Å². The van der Waals surface area contributed by atoms with E-state index in [1.54, 1.807) is 13.1 Å². The van der Waals surface area contributed by atoms with Crippen LogP contribution in [-0.4, -0.2) is 13.0 Å². The number of carbonyl (C=O) groups excluding carboxylic acids is 1. The molecular formula is C9H15NOS. The molecule has 0 spiro atoms. The first kappa shape index (κ1) is 11.3. The van der Waals surface area contributed by atoms with Gasteiger partial charge >= 0.3 is 0 Å². The molecule has 0 aromatic rings. The highest BCUT2D eigenvalue weighted by atomic mass is 32.1. The summed E-state index contributed by atoms with van der Waals surface area (Å²) in [5.74, 6) is 0.332. The molecule has 0 rings (SSSR count). The summed E-state index contributed by atoms with van der Waals surface area (Å²) in [6, 6.07) is 0. The van der Waals surface area contributed by atoms with Gasteiger partial charge in [0, 0.05) is 7.05 Å². The Kier molecular flexibility index (Phi) is 5.54. The molecule has 0 fully saturated rings. The second-order valence-corrected chi connectivity index (χ2v) is 3.24. The third kappa shape index (κ3) is 5.02. The van der Waals surface area contributed by atoms with Gasteiger partial charge in [0.1, 0.15) is 0 Å². The number of amides is 1. The fraction of sp³-hybridized carbons (Fsp3) is 0.444. The molecule has 0 radical (unpaired) electrons. The highest BCUT2D eigenvalue weighted by Crippen LogP contribution is 2.01. The quantitative estimate of drug-likeness (QED) is 0.391. The van der Waals surface area contributed by atoms with E-state index < -0.39 is 0 Å². The lowest BCUT2D eigenvalue weighted by molar-refractivity contribution is -0.116. The van der Waals surface area contributed by atoms with Crippen LogP contribution in [0.15, 0.2) is 23.1 Å². The standard InChI is InChI=1S/C9H15NOS/c1-7(2)5-4-6-8(12)9(11)10-3/h4-7,12H,1-3H3,(H,10,11)/b5-4+,8-6-. The van der Waals surface area contributed by atoms with Crippen molar-refractivity contribution in [3.8, 4) is 0 Å². The van der Waals surface area contributed by atoms with Crippen molar-refractivity contribution in [2.75, 3.05) is 7.05 Å². The van der Waals surface area contributed by atoms with Crippen LogP contribution < -0.4 is 5.32 Å². The topological polar surface area (TPSA) is 29.1 Å². The van der Waals surface area contributed by atoms with Gasteiger partial charge in [-0.2, -0.15) is 0 Å². The molecule has 0 saturated heterocycles. The molecule has 0 saturated carbocycles. The van der Waals surface area contributed by atoms with Gasteiger partial charge in [0.25, 0.3) is 5.91 Å². The average Bonchev–Trinajstić information content (AvgIpc) is 2.02. The highest BCUT2D eigenvalue weighted by molar-refractivity contribution is 7.85. The van der Waals surface area contributed by atoms with Crippen molar-refractivity contribution in [3.63, 3.8) is 0 Å². The van der Waals surface area contributed by atoms with Crippen LogP contribution in [-0.2, 0) is 4.79 Å². The van der Waals surface area contributed by atoms with E-state index in [1.165, 1.54) is 0 Å². The average molecular weight is 185 g/mol. The molecule has 3 heteroatoms. The summed E-state index contributed by atoms with van der Waals surface area (Å²) in [4.78, 5) is 11.3. The largest absolute Gasteiger partial charge is 0.355 e. The Hall–Kier alpha value is -0.700. The summed E-state index contributed by atoms with van der Waals surface area (Å²) in [7, 11) is 1.58. The zero-order valence-corrected chi connectivity index (χ0v) is 8.56. The molecule has 0 aliphatic heterocycles. The Morgan fingerprint density at radius 2 is 2.08 bits per heavy atom. The number of rotatable bonds is 3. The molecule has 0 aromatic carbocycles. The molecule has 0 heterocycles. The van der Waals surface area contributed by atoms with Crippen LogP contribution in [0, 0.1) is 5.92 Å². The maximum Gasteiger partial charge on any atom is 0.257 e. The summed E-state index contributed by atoms with van der Waals surface area (Å²) < 4.78 is 0. The monoisotopic (exact) mass is 185 g/mol. The Bertz CT molecular complexity index is 207. The van der Waals surface area contributed by atoms with Crippen LogP contribution in [0.1, 0.15) is 13.8 Å². The molecule has 0 atom stereocenters. The first-order valence-corrected chi connectivity index (χ1v) is 4.32. The second-order valence-electron chi connectivity index (χ2n) is 2.76. The Morgan fingerprint density at radius 1 is 1.50 bits per heavy atom. The van der Waals surface area contributed by atoms with Crippen LogP contribution in [0.25, 0.3) is 0 Å². The minimum Gasteiger partial charge on any atom is -0.355 e. The summed E-state index contributed by atoms with van der Waals surface area (Å²) >= 11 is 4.01. The molecule has 1 N–H and O–H groups in total. The Balaban J connectivity index is 4.09. The molecule has 68 valence electrons. The molecule has 0 aliphatic carbocycles. The van der Waals surface area contributed by atoms with E-state index in [0.717, 1.165) is 0 Å². The van der Waals surface area contributed by atoms with Crippen LogP contribution >= 0.6 is 12.6 Å². The van der Waals surface area contributed by atoms with E-state index in [-0.39, 0.29) is 5.91 Å². The summed E-state index contributed by atoms with van der Waals surface area (Å²) in [5.41, 5.74) is 0. The normalized spacial score (nSPS) is 12.6. The molecule has 0 aromatic heterocycles.